The minimum Gasteiger partial charge on any atom is -0.481 e. The quantitative estimate of drug-likeness (QED) is 0.307. The van der Waals surface area contributed by atoms with Crippen LogP contribution >= 0.6 is 27.7 Å². The second-order valence-electron chi connectivity index (χ2n) is 9.62. The molecule has 3 aromatic rings. The minimum absolute atomic E-state index is 0.00783. The van der Waals surface area contributed by atoms with Crippen LogP contribution < -0.4 is 0 Å². The van der Waals surface area contributed by atoms with E-state index < -0.39 is 16.6 Å². The van der Waals surface area contributed by atoms with E-state index in [1.807, 2.05) is 38.3 Å². The van der Waals surface area contributed by atoms with Crippen molar-refractivity contribution in [1.29, 1.82) is 0 Å². The standard InChI is InChI=1S/C26H29BrN2O3S/c1-15(2)20(24(31)32)13-22(30)26(3,4)33-25-28-14-23(27)29(25)21-12-11-17(16-9-10-16)18-7-5-6-8-19(18)21/h5-8,11-12,14-16,20H,9-10,13H2,1-4H3,(H,31,32). The summed E-state index contributed by atoms with van der Waals surface area (Å²) in [6, 6.07) is 12.8. The molecular formula is C26H29BrN2O3S. The van der Waals surface area contributed by atoms with E-state index in [0.29, 0.717) is 11.1 Å². The molecule has 1 N–H and O–H groups in total. The Morgan fingerprint density at radius 3 is 2.45 bits per heavy atom. The zero-order valence-electron chi connectivity index (χ0n) is 19.3. The maximum Gasteiger partial charge on any atom is 0.307 e. The first-order valence-electron chi connectivity index (χ1n) is 11.3. The molecule has 2 aromatic carbocycles. The Hall–Kier alpha value is -2.12. The number of imidazole rings is 1. The van der Waals surface area contributed by atoms with E-state index in [4.69, 9.17) is 0 Å². The average molecular weight is 530 g/mol. The van der Waals surface area contributed by atoms with Crippen LogP contribution in [0.25, 0.3) is 16.5 Å². The van der Waals surface area contributed by atoms with E-state index in [9.17, 15) is 14.7 Å². The lowest BCUT2D eigenvalue weighted by Crippen LogP contribution is -2.33. The summed E-state index contributed by atoms with van der Waals surface area (Å²) in [6.45, 7) is 7.37. The molecule has 1 atom stereocenters. The summed E-state index contributed by atoms with van der Waals surface area (Å²) in [5.41, 5.74) is 2.40. The van der Waals surface area contributed by atoms with Crippen LogP contribution in [-0.4, -0.2) is 31.2 Å². The summed E-state index contributed by atoms with van der Waals surface area (Å²) in [7, 11) is 0. The molecule has 1 aromatic heterocycles. The van der Waals surface area contributed by atoms with Gasteiger partial charge in [-0.15, -0.1) is 0 Å². The third kappa shape index (κ3) is 4.90. The molecule has 1 aliphatic rings. The predicted octanol–water partition coefficient (Wildman–Crippen LogP) is 6.85. The normalized spacial score (nSPS) is 15.2. The number of thioether (sulfide) groups is 1. The van der Waals surface area contributed by atoms with Gasteiger partial charge in [-0.2, -0.15) is 0 Å². The molecule has 7 heteroatoms. The zero-order chi connectivity index (χ0) is 23.9. The van der Waals surface area contributed by atoms with Crippen molar-refractivity contribution < 1.29 is 14.7 Å². The van der Waals surface area contributed by atoms with Crippen molar-refractivity contribution in [3.63, 3.8) is 0 Å². The molecule has 0 amide bonds. The number of carboxylic acids is 1. The topological polar surface area (TPSA) is 72.2 Å². The fourth-order valence-corrected chi connectivity index (χ4v) is 5.82. The third-order valence-electron chi connectivity index (χ3n) is 6.42. The number of aliphatic carboxylic acids is 1. The highest BCUT2D eigenvalue weighted by atomic mass is 79.9. The number of nitrogens with zero attached hydrogens (tertiary/aromatic N) is 2. The smallest absolute Gasteiger partial charge is 0.307 e. The fraction of sp³-hybridized carbons (Fsp3) is 0.423. The number of aromatic nitrogens is 2. The first-order valence-corrected chi connectivity index (χ1v) is 12.9. The molecule has 1 saturated carbocycles. The maximum absolute atomic E-state index is 13.1. The van der Waals surface area contributed by atoms with E-state index in [2.05, 4.69) is 51.2 Å². The number of carbonyl (C=O) groups is 2. The Kier molecular flexibility index (Phi) is 6.74. The van der Waals surface area contributed by atoms with Crippen LogP contribution in [-0.2, 0) is 9.59 Å². The van der Waals surface area contributed by atoms with Gasteiger partial charge in [0.15, 0.2) is 5.16 Å². The number of benzene rings is 2. The Labute approximate surface area is 207 Å². The summed E-state index contributed by atoms with van der Waals surface area (Å²) in [6.07, 6.45) is 4.24. The molecule has 5 nitrogen and oxygen atoms in total. The highest BCUT2D eigenvalue weighted by Crippen LogP contribution is 2.45. The lowest BCUT2D eigenvalue weighted by molar-refractivity contribution is -0.145. The first-order chi connectivity index (χ1) is 15.6. The molecule has 174 valence electrons. The van der Waals surface area contributed by atoms with Gasteiger partial charge in [0.2, 0.25) is 0 Å². The highest BCUT2D eigenvalue weighted by molar-refractivity contribution is 9.10. The van der Waals surface area contributed by atoms with Crippen molar-refractivity contribution in [3.8, 4) is 5.69 Å². The van der Waals surface area contributed by atoms with Crippen molar-refractivity contribution >= 4 is 50.2 Å². The number of carbonyl (C=O) groups excluding carboxylic acids is 1. The Morgan fingerprint density at radius 1 is 1.18 bits per heavy atom. The van der Waals surface area contributed by atoms with E-state index >= 15 is 0 Å². The van der Waals surface area contributed by atoms with Crippen LogP contribution in [0.4, 0.5) is 0 Å². The average Bonchev–Trinajstić information content (AvgIpc) is 3.54. The van der Waals surface area contributed by atoms with E-state index in [1.165, 1.54) is 35.6 Å². The number of ketones is 1. The van der Waals surface area contributed by atoms with Gasteiger partial charge in [-0.3, -0.25) is 14.2 Å². The summed E-state index contributed by atoms with van der Waals surface area (Å²) < 4.78 is 2.02. The van der Waals surface area contributed by atoms with Crippen molar-refractivity contribution in [2.45, 2.75) is 62.8 Å². The molecule has 0 aliphatic heterocycles. The number of Topliss-reactive ketones (excluding diaryl/α,β-unsaturated/α-hetero) is 1. The van der Waals surface area contributed by atoms with Gasteiger partial charge in [-0.1, -0.05) is 55.9 Å². The largest absolute Gasteiger partial charge is 0.481 e. The van der Waals surface area contributed by atoms with Gasteiger partial charge in [0.1, 0.15) is 10.4 Å². The summed E-state index contributed by atoms with van der Waals surface area (Å²) in [5, 5.41) is 12.6. The number of hydrogen-bond donors (Lipinski definition) is 1. The van der Waals surface area contributed by atoms with Gasteiger partial charge in [-0.25, -0.2) is 4.98 Å². The summed E-state index contributed by atoms with van der Waals surface area (Å²) in [4.78, 5) is 29.4. The molecule has 0 spiro atoms. The minimum atomic E-state index is -0.925. The molecule has 4 rings (SSSR count). The van der Waals surface area contributed by atoms with E-state index in [-0.39, 0.29) is 18.1 Å². The summed E-state index contributed by atoms with van der Waals surface area (Å²) in [5.74, 6) is -1.18. The van der Waals surface area contributed by atoms with Crippen LogP contribution in [0.2, 0.25) is 0 Å². The van der Waals surface area contributed by atoms with Crippen LogP contribution in [0.5, 0.6) is 0 Å². The van der Waals surface area contributed by atoms with Gasteiger partial charge in [0.05, 0.1) is 22.5 Å². The second kappa shape index (κ2) is 9.26. The van der Waals surface area contributed by atoms with Gasteiger partial charge in [0, 0.05) is 11.8 Å². The predicted molar refractivity (Wildman–Crippen MR) is 136 cm³/mol. The van der Waals surface area contributed by atoms with Crippen molar-refractivity contribution in [1.82, 2.24) is 9.55 Å². The Balaban J connectivity index is 1.69. The van der Waals surface area contributed by atoms with E-state index in [0.717, 1.165) is 15.7 Å². The Morgan fingerprint density at radius 2 is 1.85 bits per heavy atom. The molecule has 0 radical (unpaired) electrons. The highest BCUT2D eigenvalue weighted by Gasteiger charge is 2.35. The zero-order valence-corrected chi connectivity index (χ0v) is 21.7. The SMILES string of the molecule is CC(C)C(CC(=O)C(C)(C)Sc1ncc(Br)n1-c1ccc(C2CC2)c2ccccc12)C(=O)O. The van der Waals surface area contributed by atoms with Crippen LogP contribution in [0, 0.1) is 11.8 Å². The number of rotatable bonds is 9. The first kappa shape index (κ1) is 24.0. The number of carboxylic acid groups (broad SMARTS) is 1. The van der Waals surface area contributed by atoms with Crippen molar-refractivity contribution in [2.75, 3.05) is 0 Å². The van der Waals surface area contributed by atoms with Gasteiger partial charge >= 0.3 is 5.97 Å². The number of fused-ring (bicyclic) bond motifs is 1. The number of halogens is 1. The molecular weight excluding hydrogens is 500 g/mol. The van der Waals surface area contributed by atoms with Crippen molar-refractivity contribution in [2.24, 2.45) is 11.8 Å². The molecule has 33 heavy (non-hydrogen) atoms. The van der Waals surface area contributed by atoms with Crippen molar-refractivity contribution in [3.05, 3.63) is 52.8 Å². The Bertz CT molecular complexity index is 1210. The molecule has 1 fully saturated rings. The lowest BCUT2D eigenvalue weighted by atomic mass is 9.88. The van der Waals surface area contributed by atoms with E-state index in [1.54, 1.807) is 6.20 Å². The lowest BCUT2D eigenvalue weighted by Gasteiger charge is -2.25. The van der Waals surface area contributed by atoms with Gasteiger partial charge in [0.25, 0.3) is 0 Å². The van der Waals surface area contributed by atoms with Gasteiger partial charge in [-0.05, 0) is 71.5 Å². The molecule has 0 bridgehead atoms. The third-order valence-corrected chi connectivity index (χ3v) is 8.19. The van der Waals surface area contributed by atoms with Gasteiger partial charge < -0.3 is 5.11 Å². The molecule has 1 aliphatic carbocycles. The number of hydrogen-bond acceptors (Lipinski definition) is 4. The fourth-order valence-electron chi connectivity index (χ4n) is 4.20. The van der Waals surface area contributed by atoms with Crippen LogP contribution in [0.15, 0.2) is 52.4 Å². The molecule has 0 saturated heterocycles. The molecule has 1 unspecified atom stereocenters. The second-order valence-corrected chi connectivity index (χ2v) is 12.0. The van der Waals surface area contributed by atoms with Crippen LogP contribution in [0.3, 0.4) is 0 Å². The monoisotopic (exact) mass is 528 g/mol. The van der Waals surface area contributed by atoms with Crippen LogP contribution in [0.1, 0.15) is 58.4 Å². The molecule has 1 heterocycles. The summed E-state index contributed by atoms with van der Waals surface area (Å²) >= 11 is 5.02. The maximum atomic E-state index is 13.1.